The fourth-order valence-electron chi connectivity index (χ4n) is 2.99. The van der Waals surface area contributed by atoms with Crippen molar-refractivity contribution in [3.05, 3.63) is 23.9 Å². The van der Waals surface area contributed by atoms with Crippen molar-refractivity contribution in [1.82, 2.24) is 20.9 Å². The first-order chi connectivity index (χ1) is 14.3. The molecule has 0 spiro atoms. The average molecular weight is 545 g/mol. The van der Waals surface area contributed by atoms with Gasteiger partial charge in [-0.15, -0.1) is 24.0 Å². The quantitative estimate of drug-likeness (QED) is 0.168. The third-order valence-electron chi connectivity index (χ3n) is 4.71. The van der Waals surface area contributed by atoms with Gasteiger partial charge in [-0.2, -0.15) is 0 Å². The van der Waals surface area contributed by atoms with Crippen LogP contribution in [0.2, 0.25) is 0 Å². The first-order valence-corrected chi connectivity index (χ1v) is 10.2. The summed E-state index contributed by atoms with van der Waals surface area (Å²) in [4.78, 5) is 19.5. The number of hydrogen-bond acceptors (Lipinski definition) is 4. The maximum atomic E-state index is 11.9. The molecule has 9 heteroatoms. The van der Waals surface area contributed by atoms with E-state index in [2.05, 4.69) is 32.0 Å². The summed E-state index contributed by atoms with van der Waals surface area (Å²) in [6, 6.07) is 5.99. The Morgan fingerprint density at radius 2 is 1.71 bits per heavy atom. The van der Waals surface area contributed by atoms with Crippen LogP contribution >= 0.6 is 24.0 Å². The Hall–Kier alpha value is -2.17. The summed E-state index contributed by atoms with van der Waals surface area (Å²) in [5.74, 6) is 2.33. The van der Waals surface area contributed by atoms with Gasteiger partial charge in [0, 0.05) is 55.3 Å². The molecule has 1 aromatic carbocycles. The van der Waals surface area contributed by atoms with Crippen molar-refractivity contribution < 1.29 is 14.3 Å². The van der Waals surface area contributed by atoms with Crippen LogP contribution in [-0.2, 0) is 11.2 Å². The van der Waals surface area contributed by atoms with E-state index in [0.29, 0.717) is 13.1 Å². The highest BCUT2D eigenvalue weighted by Gasteiger charge is 2.20. The lowest BCUT2D eigenvalue weighted by Gasteiger charge is -2.18. The molecular formula is C22H36IN5O3. The van der Waals surface area contributed by atoms with Crippen molar-refractivity contribution >= 4 is 46.7 Å². The summed E-state index contributed by atoms with van der Waals surface area (Å²) in [6.07, 6.45) is 1.83. The smallest absolute Gasteiger partial charge is 0.225 e. The Labute approximate surface area is 202 Å². The van der Waals surface area contributed by atoms with E-state index >= 15 is 0 Å². The highest BCUT2D eigenvalue weighted by molar-refractivity contribution is 14.0. The van der Waals surface area contributed by atoms with Gasteiger partial charge >= 0.3 is 0 Å². The Balaban J connectivity index is 0.00000480. The molecular weight excluding hydrogens is 509 g/mol. The fourth-order valence-corrected chi connectivity index (χ4v) is 2.99. The highest BCUT2D eigenvalue weighted by atomic mass is 127. The summed E-state index contributed by atoms with van der Waals surface area (Å²) in [5.41, 5.74) is 1.77. The topological polar surface area (TPSA) is 99.8 Å². The van der Waals surface area contributed by atoms with Crippen molar-refractivity contribution in [2.75, 3.05) is 40.9 Å². The third kappa shape index (κ3) is 8.12. The standard InChI is InChI=1S/C22H35N5O3.HI/c1-22(2,3)20(28)24-10-11-26-21(23-4)25-9-7-8-15-12-17-18(27-15)13-16(29-5)14-19(17)30-6;/h12-14,27H,7-11H2,1-6H3,(H,24,28)(H2,23,25,26);1H. The Kier molecular flexibility index (Phi) is 10.9. The number of carbonyl (C=O) groups is 1. The molecule has 0 fully saturated rings. The molecule has 0 aliphatic heterocycles. The largest absolute Gasteiger partial charge is 0.497 e. The second-order valence-corrected chi connectivity index (χ2v) is 8.12. The van der Waals surface area contributed by atoms with Gasteiger partial charge in [-0.3, -0.25) is 9.79 Å². The van der Waals surface area contributed by atoms with Gasteiger partial charge < -0.3 is 30.4 Å². The molecule has 8 nitrogen and oxygen atoms in total. The lowest BCUT2D eigenvalue weighted by atomic mass is 9.96. The Morgan fingerprint density at radius 1 is 1.03 bits per heavy atom. The fraction of sp³-hybridized carbons (Fsp3) is 0.545. The summed E-state index contributed by atoms with van der Waals surface area (Å²) in [5, 5.41) is 10.5. The van der Waals surface area contributed by atoms with Crippen molar-refractivity contribution in [2.24, 2.45) is 10.4 Å². The van der Waals surface area contributed by atoms with E-state index in [9.17, 15) is 4.79 Å². The lowest BCUT2D eigenvalue weighted by molar-refractivity contribution is -0.128. The van der Waals surface area contributed by atoms with Gasteiger partial charge in [0.15, 0.2) is 5.96 Å². The predicted octanol–water partition coefficient (Wildman–Crippen LogP) is 3.06. The van der Waals surface area contributed by atoms with Crippen LogP contribution in [-0.4, -0.2) is 57.8 Å². The third-order valence-corrected chi connectivity index (χ3v) is 4.71. The molecule has 31 heavy (non-hydrogen) atoms. The van der Waals surface area contributed by atoms with E-state index in [0.717, 1.165) is 53.4 Å². The van der Waals surface area contributed by atoms with Gasteiger partial charge in [0.2, 0.25) is 5.91 Å². The maximum Gasteiger partial charge on any atom is 0.225 e. The van der Waals surface area contributed by atoms with Crippen LogP contribution in [0, 0.1) is 5.41 Å². The molecule has 0 saturated carbocycles. The van der Waals surface area contributed by atoms with Crippen LogP contribution in [0.5, 0.6) is 11.5 Å². The lowest BCUT2D eigenvalue weighted by Crippen LogP contribution is -2.43. The molecule has 0 bridgehead atoms. The minimum absolute atomic E-state index is 0. The van der Waals surface area contributed by atoms with Crippen molar-refractivity contribution in [2.45, 2.75) is 33.6 Å². The van der Waals surface area contributed by atoms with Crippen molar-refractivity contribution in [1.29, 1.82) is 0 Å². The second kappa shape index (κ2) is 12.6. The minimum atomic E-state index is -0.377. The molecule has 2 aromatic rings. The highest BCUT2D eigenvalue weighted by Crippen LogP contribution is 2.31. The molecule has 0 aliphatic carbocycles. The zero-order valence-electron chi connectivity index (χ0n) is 19.3. The molecule has 0 saturated heterocycles. The first-order valence-electron chi connectivity index (χ1n) is 10.2. The van der Waals surface area contributed by atoms with E-state index < -0.39 is 0 Å². The molecule has 2 rings (SSSR count). The molecule has 1 aromatic heterocycles. The van der Waals surface area contributed by atoms with Crippen molar-refractivity contribution in [3.8, 4) is 11.5 Å². The van der Waals surface area contributed by atoms with Crippen LogP contribution in [0.1, 0.15) is 32.9 Å². The van der Waals surface area contributed by atoms with E-state index in [1.807, 2.05) is 32.9 Å². The SMILES string of the molecule is CN=C(NCCCc1cc2c(OC)cc(OC)cc2[nH]1)NCCNC(=O)C(C)(C)C.I. The first kappa shape index (κ1) is 26.9. The number of halogens is 1. The number of aromatic amines is 1. The van der Waals surface area contributed by atoms with Gasteiger partial charge in [0.05, 0.1) is 19.7 Å². The maximum absolute atomic E-state index is 11.9. The summed E-state index contributed by atoms with van der Waals surface area (Å²) in [6.45, 7) is 7.65. The number of guanidine groups is 1. The molecule has 0 unspecified atom stereocenters. The van der Waals surface area contributed by atoms with Crippen LogP contribution in [0.25, 0.3) is 10.9 Å². The summed E-state index contributed by atoms with van der Waals surface area (Å²) in [7, 11) is 5.05. The number of fused-ring (bicyclic) bond motifs is 1. The predicted molar refractivity (Wildman–Crippen MR) is 137 cm³/mol. The van der Waals surface area contributed by atoms with Gasteiger partial charge in [-0.05, 0) is 18.9 Å². The molecule has 174 valence electrons. The van der Waals surface area contributed by atoms with Gasteiger partial charge in [0.25, 0.3) is 0 Å². The number of H-pyrrole nitrogens is 1. The number of hydrogen-bond donors (Lipinski definition) is 4. The number of carbonyl (C=O) groups excluding carboxylic acids is 1. The normalized spacial score (nSPS) is 11.6. The number of rotatable bonds is 9. The Bertz CT molecular complexity index is 874. The van der Waals surface area contributed by atoms with Crippen LogP contribution < -0.4 is 25.4 Å². The molecule has 1 heterocycles. The molecule has 0 radical (unpaired) electrons. The number of aliphatic imine (C=N–C) groups is 1. The van der Waals surface area contributed by atoms with E-state index in [4.69, 9.17) is 9.47 Å². The molecule has 1 amide bonds. The number of nitrogens with zero attached hydrogens (tertiary/aromatic N) is 1. The van der Waals surface area contributed by atoms with E-state index in [1.54, 1.807) is 21.3 Å². The molecule has 0 aliphatic rings. The number of aryl methyl sites for hydroxylation is 1. The number of aromatic nitrogens is 1. The zero-order valence-corrected chi connectivity index (χ0v) is 21.7. The average Bonchev–Trinajstić information content (AvgIpc) is 3.13. The zero-order chi connectivity index (χ0) is 22.1. The summed E-state index contributed by atoms with van der Waals surface area (Å²) >= 11 is 0. The second-order valence-electron chi connectivity index (χ2n) is 8.12. The number of methoxy groups -OCH3 is 2. The monoisotopic (exact) mass is 545 g/mol. The van der Waals surface area contributed by atoms with E-state index in [-0.39, 0.29) is 35.3 Å². The number of nitrogens with one attached hydrogen (secondary N) is 4. The van der Waals surface area contributed by atoms with Crippen LogP contribution in [0.3, 0.4) is 0 Å². The summed E-state index contributed by atoms with van der Waals surface area (Å²) < 4.78 is 10.8. The number of benzene rings is 1. The van der Waals surface area contributed by atoms with Gasteiger partial charge in [-0.25, -0.2) is 0 Å². The van der Waals surface area contributed by atoms with Crippen LogP contribution in [0.4, 0.5) is 0 Å². The number of amides is 1. The Morgan fingerprint density at radius 3 is 2.32 bits per heavy atom. The van der Waals surface area contributed by atoms with E-state index in [1.165, 1.54) is 0 Å². The minimum Gasteiger partial charge on any atom is -0.497 e. The number of ether oxygens (including phenoxy) is 2. The molecule has 0 atom stereocenters. The van der Waals surface area contributed by atoms with Gasteiger partial charge in [-0.1, -0.05) is 20.8 Å². The van der Waals surface area contributed by atoms with Crippen LogP contribution in [0.15, 0.2) is 23.2 Å². The molecule has 4 N–H and O–H groups in total. The van der Waals surface area contributed by atoms with Crippen molar-refractivity contribution in [3.63, 3.8) is 0 Å². The van der Waals surface area contributed by atoms with Gasteiger partial charge in [0.1, 0.15) is 11.5 Å².